The van der Waals surface area contributed by atoms with Crippen LogP contribution in [0.15, 0.2) is 54.6 Å². The van der Waals surface area contributed by atoms with Crippen LogP contribution in [0.2, 0.25) is 0 Å². The number of benzene rings is 2. The Morgan fingerprint density at radius 3 is 2.48 bits per heavy atom. The van der Waals surface area contributed by atoms with Crippen molar-refractivity contribution in [2.24, 2.45) is 0 Å². The molecular formula is C19H24N2O2. The van der Waals surface area contributed by atoms with Crippen molar-refractivity contribution in [2.75, 3.05) is 25.0 Å². The molecular weight excluding hydrogens is 288 g/mol. The molecule has 4 heteroatoms. The van der Waals surface area contributed by atoms with Crippen LogP contribution < -0.4 is 5.32 Å². The second kappa shape index (κ2) is 9.08. The van der Waals surface area contributed by atoms with E-state index in [9.17, 15) is 9.90 Å². The molecule has 0 radical (unpaired) electrons. The molecule has 0 heterocycles. The average molecular weight is 312 g/mol. The summed E-state index contributed by atoms with van der Waals surface area (Å²) in [6, 6.07) is 18.2. The molecule has 0 aliphatic carbocycles. The van der Waals surface area contributed by atoms with E-state index in [0.29, 0.717) is 6.54 Å². The van der Waals surface area contributed by atoms with Gasteiger partial charge in [-0.25, -0.2) is 0 Å². The summed E-state index contributed by atoms with van der Waals surface area (Å²) in [5.41, 5.74) is 3.22. The Kier molecular flexibility index (Phi) is 6.78. The van der Waals surface area contributed by atoms with Crippen LogP contribution in [-0.4, -0.2) is 35.6 Å². The number of nitrogens with zero attached hydrogens (tertiary/aromatic N) is 1. The highest BCUT2D eigenvalue weighted by atomic mass is 16.3. The smallest absolute Gasteiger partial charge is 0.221 e. The first-order valence-electron chi connectivity index (χ1n) is 7.91. The zero-order valence-corrected chi connectivity index (χ0v) is 13.5. The molecule has 0 saturated carbocycles. The molecule has 122 valence electrons. The molecule has 0 aromatic heterocycles. The SMILES string of the molecule is CC(=O)Nc1cccc(CN(CCO)CCc2ccccc2)c1. The van der Waals surface area contributed by atoms with Gasteiger partial charge in [-0.2, -0.15) is 0 Å². The van der Waals surface area contributed by atoms with Gasteiger partial charge in [0.25, 0.3) is 0 Å². The van der Waals surface area contributed by atoms with Crippen molar-refractivity contribution in [1.82, 2.24) is 4.90 Å². The predicted molar refractivity (Wildman–Crippen MR) is 93.3 cm³/mol. The van der Waals surface area contributed by atoms with Crippen LogP contribution in [0.25, 0.3) is 0 Å². The summed E-state index contributed by atoms with van der Waals surface area (Å²) in [4.78, 5) is 13.4. The van der Waals surface area contributed by atoms with E-state index in [4.69, 9.17) is 0 Å². The van der Waals surface area contributed by atoms with Crippen LogP contribution in [0.1, 0.15) is 18.1 Å². The predicted octanol–water partition coefficient (Wildman–Crippen LogP) is 2.68. The van der Waals surface area contributed by atoms with Gasteiger partial charge in [0.05, 0.1) is 6.61 Å². The maximum Gasteiger partial charge on any atom is 0.221 e. The van der Waals surface area contributed by atoms with Crippen LogP contribution in [-0.2, 0) is 17.8 Å². The lowest BCUT2D eigenvalue weighted by Crippen LogP contribution is -2.28. The van der Waals surface area contributed by atoms with Gasteiger partial charge in [0.1, 0.15) is 0 Å². The van der Waals surface area contributed by atoms with Gasteiger partial charge in [-0.1, -0.05) is 42.5 Å². The molecule has 23 heavy (non-hydrogen) atoms. The van der Waals surface area contributed by atoms with Gasteiger partial charge in [-0.15, -0.1) is 0 Å². The molecule has 4 nitrogen and oxygen atoms in total. The minimum atomic E-state index is -0.0709. The first-order valence-corrected chi connectivity index (χ1v) is 7.91. The minimum absolute atomic E-state index is 0.0709. The zero-order chi connectivity index (χ0) is 16.5. The van der Waals surface area contributed by atoms with E-state index in [2.05, 4.69) is 22.3 Å². The fourth-order valence-corrected chi connectivity index (χ4v) is 2.55. The topological polar surface area (TPSA) is 52.6 Å². The molecule has 2 N–H and O–H groups in total. The van der Waals surface area contributed by atoms with Crippen LogP contribution >= 0.6 is 0 Å². The van der Waals surface area contributed by atoms with Gasteiger partial charge < -0.3 is 10.4 Å². The highest BCUT2D eigenvalue weighted by molar-refractivity contribution is 5.88. The number of carbonyl (C=O) groups excluding carboxylic acids is 1. The maximum atomic E-state index is 11.2. The van der Waals surface area contributed by atoms with Crippen LogP contribution in [0.4, 0.5) is 5.69 Å². The van der Waals surface area contributed by atoms with Gasteiger partial charge in [0.2, 0.25) is 5.91 Å². The van der Waals surface area contributed by atoms with Gasteiger partial charge in [0, 0.05) is 32.2 Å². The highest BCUT2D eigenvalue weighted by Gasteiger charge is 2.07. The van der Waals surface area contributed by atoms with E-state index >= 15 is 0 Å². The molecule has 0 unspecified atom stereocenters. The lowest BCUT2D eigenvalue weighted by Gasteiger charge is -2.21. The molecule has 2 rings (SSSR count). The summed E-state index contributed by atoms with van der Waals surface area (Å²) in [5.74, 6) is -0.0709. The van der Waals surface area contributed by atoms with Crippen molar-refractivity contribution < 1.29 is 9.90 Å². The number of amides is 1. The average Bonchev–Trinajstić information content (AvgIpc) is 2.53. The molecule has 0 aliphatic heterocycles. The summed E-state index contributed by atoms with van der Waals surface area (Å²) < 4.78 is 0. The Hall–Kier alpha value is -2.17. The molecule has 2 aromatic carbocycles. The Morgan fingerprint density at radius 1 is 1.04 bits per heavy atom. The second-order valence-electron chi connectivity index (χ2n) is 5.62. The van der Waals surface area contributed by atoms with E-state index in [-0.39, 0.29) is 12.5 Å². The lowest BCUT2D eigenvalue weighted by atomic mass is 10.1. The molecule has 0 atom stereocenters. The fourth-order valence-electron chi connectivity index (χ4n) is 2.55. The quantitative estimate of drug-likeness (QED) is 0.788. The molecule has 0 bridgehead atoms. The Balaban J connectivity index is 1.97. The Morgan fingerprint density at radius 2 is 1.78 bits per heavy atom. The normalized spacial score (nSPS) is 10.7. The minimum Gasteiger partial charge on any atom is -0.395 e. The van der Waals surface area contributed by atoms with E-state index in [1.54, 1.807) is 0 Å². The molecule has 0 aliphatic rings. The number of carbonyl (C=O) groups is 1. The monoisotopic (exact) mass is 312 g/mol. The largest absolute Gasteiger partial charge is 0.395 e. The molecule has 0 fully saturated rings. The highest BCUT2D eigenvalue weighted by Crippen LogP contribution is 2.13. The third-order valence-electron chi connectivity index (χ3n) is 3.63. The number of rotatable bonds is 8. The Bertz CT molecular complexity index is 614. The molecule has 1 amide bonds. The van der Waals surface area contributed by atoms with E-state index in [1.165, 1.54) is 12.5 Å². The number of anilines is 1. The van der Waals surface area contributed by atoms with Crippen molar-refractivity contribution in [3.05, 3.63) is 65.7 Å². The van der Waals surface area contributed by atoms with Crippen molar-refractivity contribution in [1.29, 1.82) is 0 Å². The summed E-state index contributed by atoms with van der Waals surface area (Å²) in [6.45, 7) is 3.91. The first kappa shape index (κ1) is 17.2. The van der Waals surface area contributed by atoms with Crippen molar-refractivity contribution in [3.8, 4) is 0 Å². The Labute approximate surface area is 137 Å². The number of hydrogen-bond acceptors (Lipinski definition) is 3. The van der Waals surface area contributed by atoms with Gasteiger partial charge >= 0.3 is 0 Å². The van der Waals surface area contributed by atoms with Gasteiger partial charge in [-0.3, -0.25) is 9.69 Å². The molecule has 2 aromatic rings. The fraction of sp³-hybridized carbons (Fsp3) is 0.316. The number of aliphatic hydroxyl groups is 1. The summed E-state index contributed by atoms with van der Waals surface area (Å²) in [6.07, 6.45) is 0.951. The lowest BCUT2D eigenvalue weighted by molar-refractivity contribution is -0.114. The molecule has 0 spiro atoms. The van der Waals surface area contributed by atoms with Crippen molar-refractivity contribution >= 4 is 11.6 Å². The number of aliphatic hydroxyl groups excluding tert-OH is 1. The van der Waals surface area contributed by atoms with Crippen LogP contribution in [0.5, 0.6) is 0 Å². The van der Waals surface area contributed by atoms with Crippen molar-refractivity contribution in [2.45, 2.75) is 19.9 Å². The summed E-state index contributed by atoms with van der Waals surface area (Å²) in [7, 11) is 0. The number of nitrogens with one attached hydrogen (secondary N) is 1. The standard InChI is InChI=1S/C19H24N2O2/c1-16(23)20-19-9-5-8-18(14-19)15-21(12-13-22)11-10-17-6-3-2-4-7-17/h2-9,14,22H,10-13,15H2,1H3,(H,20,23). The van der Waals surface area contributed by atoms with E-state index < -0.39 is 0 Å². The third-order valence-corrected chi connectivity index (χ3v) is 3.63. The summed E-state index contributed by atoms with van der Waals surface area (Å²) >= 11 is 0. The maximum absolute atomic E-state index is 11.2. The van der Waals surface area contributed by atoms with E-state index in [0.717, 1.165) is 30.8 Å². The summed E-state index contributed by atoms with van der Waals surface area (Å²) in [5, 5.41) is 12.1. The zero-order valence-electron chi connectivity index (χ0n) is 13.5. The van der Waals surface area contributed by atoms with Crippen LogP contribution in [0.3, 0.4) is 0 Å². The number of hydrogen-bond donors (Lipinski definition) is 2. The van der Waals surface area contributed by atoms with E-state index in [1.807, 2.05) is 42.5 Å². The second-order valence-corrected chi connectivity index (χ2v) is 5.62. The van der Waals surface area contributed by atoms with Crippen molar-refractivity contribution in [3.63, 3.8) is 0 Å². The first-order chi connectivity index (χ1) is 11.2. The van der Waals surface area contributed by atoms with Gasteiger partial charge in [-0.05, 0) is 29.7 Å². The third kappa shape index (κ3) is 6.22. The molecule has 0 saturated heterocycles. The van der Waals surface area contributed by atoms with Crippen LogP contribution in [0, 0.1) is 0 Å². The van der Waals surface area contributed by atoms with Gasteiger partial charge in [0.15, 0.2) is 0 Å².